The van der Waals surface area contributed by atoms with E-state index in [1.54, 1.807) is 67.8 Å². The first kappa shape index (κ1) is 18.9. The standard InChI is InChI=1S/C23H16N4O3/c1-30-18-6-4-5-17(13-18)21-25-20-8-3-2-7-19(20)23(29)27(21)26-22(28)16-11-9-15(14-24)10-12-16/h2-13H,1H3,(H,26,28). The molecule has 1 N–H and O–H groups in total. The molecule has 7 heteroatoms. The Kier molecular flexibility index (Phi) is 4.97. The van der Waals surface area contributed by atoms with E-state index in [1.807, 2.05) is 6.07 Å². The lowest BCUT2D eigenvalue weighted by Crippen LogP contribution is -2.35. The second-order valence-corrected chi connectivity index (χ2v) is 6.46. The van der Waals surface area contributed by atoms with Crippen LogP contribution in [-0.4, -0.2) is 22.7 Å². The number of amides is 1. The Morgan fingerprint density at radius 2 is 1.83 bits per heavy atom. The molecule has 1 amide bonds. The zero-order valence-corrected chi connectivity index (χ0v) is 16.0. The summed E-state index contributed by atoms with van der Waals surface area (Å²) in [6.45, 7) is 0. The van der Waals surface area contributed by atoms with Gasteiger partial charge in [0.05, 0.1) is 29.6 Å². The summed E-state index contributed by atoms with van der Waals surface area (Å²) in [6, 6.07) is 22.2. The number of hydrogen-bond donors (Lipinski definition) is 1. The van der Waals surface area contributed by atoms with Crippen molar-refractivity contribution in [1.29, 1.82) is 5.26 Å². The van der Waals surface area contributed by atoms with Crippen LogP contribution in [0.2, 0.25) is 0 Å². The molecule has 30 heavy (non-hydrogen) atoms. The van der Waals surface area contributed by atoms with Gasteiger partial charge in [-0.1, -0.05) is 24.3 Å². The van der Waals surface area contributed by atoms with Gasteiger partial charge in [0.25, 0.3) is 11.5 Å². The largest absolute Gasteiger partial charge is 0.497 e. The number of carbonyl (C=O) groups excluding carboxylic acids is 1. The highest BCUT2D eigenvalue weighted by Crippen LogP contribution is 2.23. The molecule has 0 radical (unpaired) electrons. The van der Waals surface area contributed by atoms with Gasteiger partial charge in [0.2, 0.25) is 0 Å². The van der Waals surface area contributed by atoms with Gasteiger partial charge in [-0.3, -0.25) is 15.0 Å². The third kappa shape index (κ3) is 3.50. The highest BCUT2D eigenvalue weighted by Gasteiger charge is 2.16. The SMILES string of the molecule is COc1cccc(-c2nc3ccccc3c(=O)n2NC(=O)c2ccc(C#N)cc2)c1. The molecule has 0 spiro atoms. The normalized spacial score (nSPS) is 10.4. The number of hydrogen-bond acceptors (Lipinski definition) is 5. The minimum Gasteiger partial charge on any atom is -0.497 e. The Morgan fingerprint density at radius 1 is 1.07 bits per heavy atom. The first-order valence-electron chi connectivity index (χ1n) is 9.08. The third-order valence-corrected chi connectivity index (χ3v) is 4.59. The lowest BCUT2D eigenvalue weighted by Gasteiger charge is -2.15. The van der Waals surface area contributed by atoms with Crippen molar-refractivity contribution >= 4 is 16.8 Å². The number of nitrogens with one attached hydrogen (secondary N) is 1. The van der Waals surface area contributed by atoms with Crippen LogP contribution >= 0.6 is 0 Å². The summed E-state index contributed by atoms with van der Waals surface area (Å²) in [6.07, 6.45) is 0. The van der Waals surface area contributed by atoms with E-state index < -0.39 is 11.5 Å². The zero-order chi connectivity index (χ0) is 21.1. The Bertz CT molecular complexity index is 1350. The van der Waals surface area contributed by atoms with E-state index in [9.17, 15) is 9.59 Å². The van der Waals surface area contributed by atoms with Crippen LogP contribution in [0, 0.1) is 11.3 Å². The van der Waals surface area contributed by atoms with Crippen molar-refractivity contribution in [1.82, 2.24) is 9.66 Å². The van der Waals surface area contributed by atoms with Crippen LogP contribution < -0.4 is 15.7 Å². The highest BCUT2D eigenvalue weighted by atomic mass is 16.5. The van der Waals surface area contributed by atoms with Gasteiger partial charge in [-0.2, -0.15) is 9.94 Å². The molecule has 0 aliphatic carbocycles. The second kappa shape index (κ2) is 7.89. The number of nitriles is 1. The van der Waals surface area contributed by atoms with Crippen molar-refractivity contribution in [3.63, 3.8) is 0 Å². The first-order chi connectivity index (χ1) is 14.6. The number of para-hydroxylation sites is 1. The number of carbonyl (C=O) groups is 1. The third-order valence-electron chi connectivity index (χ3n) is 4.59. The van der Waals surface area contributed by atoms with E-state index in [2.05, 4.69) is 10.4 Å². The summed E-state index contributed by atoms with van der Waals surface area (Å²) in [5, 5.41) is 9.31. The van der Waals surface area contributed by atoms with Gasteiger partial charge in [0.15, 0.2) is 5.82 Å². The summed E-state index contributed by atoms with van der Waals surface area (Å²) < 4.78 is 6.41. The quantitative estimate of drug-likeness (QED) is 0.571. The van der Waals surface area contributed by atoms with E-state index in [0.717, 1.165) is 4.68 Å². The average molecular weight is 396 g/mol. The molecule has 0 saturated carbocycles. The van der Waals surface area contributed by atoms with Gasteiger partial charge in [-0.15, -0.1) is 0 Å². The van der Waals surface area contributed by atoms with Crippen LogP contribution in [0.3, 0.4) is 0 Å². The topological polar surface area (TPSA) is 97.0 Å². The maximum atomic E-state index is 13.2. The summed E-state index contributed by atoms with van der Waals surface area (Å²) >= 11 is 0. The number of nitrogens with zero attached hydrogens (tertiary/aromatic N) is 3. The van der Waals surface area contributed by atoms with Crippen molar-refractivity contribution in [3.8, 4) is 23.2 Å². The van der Waals surface area contributed by atoms with Crippen molar-refractivity contribution in [2.75, 3.05) is 12.5 Å². The predicted molar refractivity (Wildman–Crippen MR) is 113 cm³/mol. The fourth-order valence-electron chi connectivity index (χ4n) is 3.05. The number of fused-ring (bicyclic) bond motifs is 1. The number of rotatable bonds is 4. The van der Waals surface area contributed by atoms with Crippen LogP contribution in [0.5, 0.6) is 5.75 Å². The molecule has 4 aromatic rings. The van der Waals surface area contributed by atoms with E-state index >= 15 is 0 Å². The monoisotopic (exact) mass is 396 g/mol. The molecule has 146 valence electrons. The minimum absolute atomic E-state index is 0.277. The Labute approximate surface area is 171 Å². The summed E-state index contributed by atoms with van der Waals surface area (Å²) in [7, 11) is 1.55. The van der Waals surface area contributed by atoms with Crippen LogP contribution in [0.15, 0.2) is 77.6 Å². The van der Waals surface area contributed by atoms with Crippen LogP contribution in [-0.2, 0) is 0 Å². The van der Waals surface area contributed by atoms with Crippen molar-refractivity contribution in [2.45, 2.75) is 0 Å². The number of benzene rings is 3. The molecule has 7 nitrogen and oxygen atoms in total. The van der Waals surface area contributed by atoms with E-state index in [4.69, 9.17) is 10.00 Å². The minimum atomic E-state index is -0.497. The molecule has 0 aliphatic rings. The van der Waals surface area contributed by atoms with Crippen molar-refractivity contribution < 1.29 is 9.53 Å². The molecule has 0 unspecified atom stereocenters. The smallest absolute Gasteiger partial charge is 0.280 e. The molecule has 0 saturated heterocycles. The van der Waals surface area contributed by atoms with Crippen molar-refractivity contribution in [3.05, 3.63) is 94.3 Å². The van der Waals surface area contributed by atoms with Crippen LogP contribution in [0.25, 0.3) is 22.3 Å². The maximum Gasteiger partial charge on any atom is 0.280 e. The number of aromatic nitrogens is 2. The molecule has 0 bridgehead atoms. The molecule has 1 heterocycles. The van der Waals surface area contributed by atoms with E-state index in [-0.39, 0.29) is 5.82 Å². The highest BCUT2D eigenvalue weighted by molar-refractivity contribution is 6.00. The van der Waals surface area contributed by atoms with Crippen LogP contribution in [0.4, 0.5) is 0 Å². The van der Waals surface area contributed by atoms with Gasteiger partial charge in [0.1, 0.15) is 5.75 Å². The Morgan fingerprint density at radius 3 is 2.57 bits per heavy atom. The number of methoxy groups -OCH3 is 1. The molecule has 4 rings (SSSR count). The molecular weight excluding hydrogens is 380 g/mol. The van der Waals surface area contributed by atoms with Gasteiger partial charge in [-0.25, -0.2) is 4.98 Å². The lowest BCUT2D eigenvalue weighted by atomic mass is 10.1. The molecule has 1 aromatic heterocycles. The molecule has 3 aromatic carbocycles. The maximum absolute atomic E-state index is 13.2. The van der Waals surface area contributed by atoms with E-state index in [1.165, 1.54) is 12.1 Å². The molecule has 0 aliphatic heterocycles. The lowest BCUT2D eigenvalue weighted by molar-refractivity contribution is 0.101. The fourth-order valence-corrected chi connectivity index (χ4v) is 3.05. The molecule has 0 atom stereocenters. The molecular formula is C23H16N4O3. The van der Waals surface area contributed by atoms with E-state index in [0.29, 0.717) is 33.3 Å². The summed E-state index contributed by atoms with van der Waals surface area (Å²) in [5.74, 6) is 0.377. The first-order valence-corrected chi connectivity index (χ1v) is 9.08. The van der Waals surface area contributed by atoms with Crippen LogP contribution in [0.1, 0.15) is 15.9 Å². The Hall–Kier alpha value is -4.44. The predicted octanol–water partition coefficient (Wildman–Crippen LogP) is 3.33. The van der Waals surface area contributed by atoms with Gasteiger partial charge in [-0.05, 0) is 48.5 Å². The van der Waals surface area contributed by atoms with Gasteiger partial charge in [0, 0.05) is 11.1 Å². The average Bonchev–Trinajstić information content (AvgIpc) is 2.80. The van der Waals surface area contributed by atoms with Crippen molar-refractivity contribution in [2.24, 2.45) is 0 Å². The summed E-state index contributed by atoms with van der Waals surface area (Å²) in [5.41, 5.74) is 4.11. The second-order valence-electron chi connectivity index (χ2n) is 6.46. The Balaban J connectivity index is 1.86. The fraction of sp³-hybridized carbons (Fsp3) is 0.0435. The number of ether oxygens (including phenoxy) is 1. The van der Waals surface area contributed by atoms with Gasteiger partial charge >= 0.3 is 0 Å². The zero-order valence-electron chi connectivity index (χ0n) is 16.0. The van der Waals surface area contributed by atoms with Gasteiger partial charge < -0.3 is 4.74 Å². The molecule has 0 fully saturated rings. The summed E-state index contributed by atoms with van der Waals surface area (Å²) in [4.78, 5) is 30.6.